The summed E-state index contributed by atoms with van der Waals surface area (Å²) in [5.41, 5.74) is 8.59. The summed E-state index contributed by atoms with van der Waals surface area (Å²) in [7, 11) is 0. The van der Waals surface area contributed by atoms with E-state index in [9.17, 15) is 5.11 Å². The Morgan fingerprint density at radius 3 is 2.96 bits per heavy atom. The van der Waals surface area contributed by atoms with Crippen LogP contribution in [-0.2, 0) is 0 Å². The summed E-state index contributed by atoms with van der Waals surface area (Å²) in [6.45, 7) is 2.34. The number of imidazole rings is 1. The van der Waals surface area contributed by atoms with E-state index >= 15 is 0 Å². The number of fused-ring (bicyclic) bond motifs is 3. The third-order valence-corrected chi connectivity index (χ3v) is 3.92. The van der Waals surface area contributed by atoms with Crippen molar-refractivity contribution < 1.29 is 9.84 Å². The molecule has 4 rings (SSSR count). The van der Waals surface area contributed by atoms with E-state index in [1.165, 1.54) is 0 Å². The average Bonchev–Trinajstić information content (AvgIpc) is 2.94. The number of hydrogen-bond acceptors (Lipinski definition) is 6. The second-order valence-corrected chi connectivity index (χ2v) is 5.47. The molecule has 2 heterocycles. The molecular weight excluding hydrogens is 306 g/mol. The van der Waals surface area contributed by atoms with Crippen molar-refractivity contribution in [1.82, 2.24) is 9.55 Å². The number of aromatic hydroxyl groups is 1. The molecule has 1 atom stereocenters. The molecule has 1 aromatic heterocycles. The SMILES string of the molecule is CCOc1cc([C@H]2N=C(N)Nc3nc4ccccc4n32)ccc1O. The lowest BCUT2D eigenvalue weighted by atomic mass is 10.1. The van der Waals surface area contributed by atoms with Gasteiger partial charge >= 0.3 is 0 Å². The molecule has 0 unspecified atom stereocenters. The quantitative estimate of drug-likeness (QED) is 0.688. The van der Waals surface area contributed by atoms with Crippen LogP contribution in [0.1, 0.15) is 18.7 Å². The summed E-state index contributed by atoms with van der Waals surface area (Å²) in [6.07, 6.45) is -0.381. The first-order valence-corrected chi connectivity index (χ1v) is 7.70. The predicted molar refractivity (Wildman–Crippen MR) is 92.4 cm³/mol. The van der Waals surface area contributed by atoms with Crippen LogP contribution in [0, 0.1) is 0 Å². The number of rotatable bonds is 3. The lowest BCUT2D eigenvalue weighted by molar-refractivity contribution is 0.317. The Kier molecular flexibility index (Phi) is 3.26. The van der Waals surface area contributed by atoms with Crippen LogP contribution in [0.25, 0.3) is 11.0 Å². The largest absolute Gasteiger partial charge is 0.504 e. The number of ether oxygens (including phenoxy) is 1. The van der Waals surface area contributed by atoms with E-state index in [1.54, 1.807) is 12.1 Å². The molecule has 0 fully saturated rings. The van der Waals surface area contributed by atoms with Gasteiger partial charge in [0, 0.05) is 5.56 Å². The number of aromatic nitrogens is 2. The van der Waals surface area contributed by atoms with Gasteiger partial charge in [-0.05, 0) is 31.2 Å². The first-order valence-electron chi connectivity index (χ1n) is 7.70. The molecule has 0 saturated heterocycles. The predicted octanol–water partition coefficient (Wildman–Crippen LogP) is 2.43. The Bertz CT molecular complexity index is 947. The van der Waals surface area contributed by atoms with Crippen LogP contribution in [0.3, 0.4) is 0 Å². The van der Waals surface area contributed by atoms with Crippen molar-refractivity contribution in [1.29, 1.82) is 0 Å². The van der Waals surface area contributed by atoms with Crippen molar-refractivity contribution in [2.75, 3.05) is 11.9 Å². The summed E-state index contributed by atoms with van der Waals surface area (Å²) in [4.78, 5) is 9.08. The van der Waals surface area contributed by atoms with Gasteiger partial charge in [-0.25, -0.2) is 9.98 Å². The van der Waals surface area contributed by atoms with Crippen molar-refractivity contribution in [2.24, 2.45) is 10.7 Å². The number of para-hydroxylation sites is 2. The van der Waals surface area contributed by atoms with Crippen LogP contribution >= 0.6 is 0 Å². The maximum atomic E-state index is 9.93. The Morgan fingerprint density at radius 1 is 1.29 bits per heavy atom. The van der Waals surface area contributed by atoms with Gasteiger partial charge in [-0.3, -0.25) is 9.88 Å². The van der Waals surface area contributed by atoms with Crippen LogP contribution in [0.4, 0.5) is 5.95 Å². The third-order valence-electron chi connectivity index (χ3n) is 3.92. The first-order chi connectivity index (χ1) is 11.7. The van der Waals surface area contributed by atoms with Gasteiger partial charge < -0.3 is 15.6 Å². The zero-order chi connectivity index (χ0) is 16.7. The minimum Gasteiger partial charge on any atom is -0.504 e. The maximum Gasteiger partial charge on any atom is 0.212 e. The molecule has 3 aromatic rings. The summed E-state index contributed by atoms with van der Waals surface area (Å²) >= 11 is 0. The molecular formula is C17H17N5O2. The van der Waals surface area contributed by atoms with Crippen LogP contribution in [0.2, 0.25) is 0 Å². The fraction of sp³-hybridized carbons (Fsp3) is 0.176. The fourth-order valence-electron chi connectivity index (χ4n) is 2.90. The highest BCUT2D eigenvalue weighted by atomic mass is 16.5. The highest BCUT2D eigenvalue weighted by Gasteiger charge is 2.25. The van der Waals surface area contributed by atoms with Gasteiger partial charge in [0.2, 0.25) is 5.95 Å². The van der Waals surface area contributed by atoms with E-state index in [0.29, 0.717) is 24.3 Å². The van der Waals surface area contributed by atoms with Gasteiger partial charge in [-0.15, -0.1) is 0 Å². The highest BCUT2D eigenvalue weighted by Crippen LogP contribution is 2.36. The number of hydrogen-bond donors (Lipinski definition) is 3. The molecule has 0 saturated carbocycles. The molecule has 1 aliphatic heterocycles. The van der Waals surface area contributed by atoms with Crippen molar-refractivity contribution in [2.45, 2.75) is 13.1 Å². The van der Waals surface area contributed by atoms with Crippen molar-refractivity contribution in [3.63, 3.8) is 0 Å². The molecule has 0 amide bonds. The molecule has 0 radical (unpaired) electrons. The summed E-state index contributed by atoms with van der Waals surface area (Å²) < 4.78 is 7.46. The van der Waals surface area contributed by atoms with Crippen molar-refractivity contribution >= 4 is 22.9 Å². The number of nitrogens with two attached hydrogens (primary N) is 1. The molecule has 7 nitrogen and oxygen atoms in total. The summed E-state index contributed by atoms with van der Waals surface area (Å²) in [5, 5.41) is 12.9. The third kappa shape index (κ3) is 2.21. The molecule has 0 bridgehead atoms. The molecule has 0 spiro atoms. The average molecular weight is 323 g/mol. The molecule has 4 N–H and O–H groups in total. The lowest BCUT2D eigenvalue weighted by Gasteiger charge is -2.24. The van der Waals surface area contributed by atoms with Crippen LogP contribution in [-0.4, -0.2) is 27.2 Å². The highest BCUT2D eigenvalue weighted by molar-refractivity contribution is 5.94. The molecule has 7 heteroatoms. The molecule has 122 valence electrons. The van der Waals surface area contributed by atoms with Gasteiger partial charge in [0.1, 0.15) is 0 Å². The molecule has 24 heavy (non-hydrogen) atoms. The van der Waals surface area contributed by atoms with E-state index in [0.717, 1.165) is 16.6 Å². The number of phenols is 1. The zero-order valence-corrected chi connectivity index (χ0v) is 13.1. The molecule has 0 aliphatic carbocycles. The van der Waals surface area contributed by atoms with E-state index in [-0.39, 0.29) is 11.9 Å². The Morgan fingerprint density at radius 2 is 2.12 bits per heavy atom. The van der Waals surface area contributed by atoms with Gasteiger partial charge in [0.05, 0.1) is 17.6 Å². The van der Waals surface area contributed by atoms with Crippen LogP contribution in [0.5, 0.6) is 11.5 Å². The minimum atomic E-state index is -0.381. The van der Waals surface area contributed by atoms with Crippen LogP contribution < -0.4 is 15.8 Å². The topological polar surface area (TPSA) is 97.7 Å². The summed E-state index contributed by atoms with van der Waals surface area (Å²) in [5.74, 6) is 1.46. The monoisotopic (exact) mass is 323 g/mol. The van der Waals surface area contributed by atoms with Gasteiger partial charge in [0.15, 0.2) is 23.6 Å². The zero-order valence-electron chi connectivity index (χ0n) is 13.1. The number of aliphatic imine (C=N–C) groups is 1. The van der Waals surface area contributed by atoms with Crippen LogP contribution in [0.15, 0.2) is 47.5 Å². The van der Waals surface area contributed by atoms with Crippen molar-refractivity contribution in [3.8, 4) is 11.5 Å². The van der Waals surface area contributed by atoms with Crippen molar-refractivity contribution in [3.05, 3.63) is 48.0 Å². The van der Waals surface area contributed by atoms with E-state index in [4.69, 9.17) is 10.5 Å². The molecule has 1 aliphatic rings. The smallest absolute Gasteiger partial charge is 0.212 e. The van der Waals surface area contributed by atoms with E-state index in [2.05, 4.69) is 15.3 Å². The Hall–Kier alpha value is -3.22. The lowest BCUT2D eigenvalue weighted by Crippen LogP contribution is -2.31. The number of phenolic OH excluding ortho intramolecular Hbond substituents is 1. The standard InChI is InChI=1S/C17H17N5O2/c1-2-24-14-9-10(7-8-13(14)23)15-20-16(18)21-17-19-11-5-3-4-6-12(11)22(15)17/h3-9,15,23H,2H2,1H3,(H3,18,19,20,21)/t15-/m0/s1. The Balaban J connectivity index is 1.89. The Labute approximate surface area is 138 Å². The van der Waals surface area contributed by atoms with E-state index < -0.39 is 0 Å². The normalized spacial score (nSPS) is 16.4. The maximum absolute atomic E-state index is 9.93. The number of nitrogens with zero attached hydrogens (tertiary/aromatic N) is 3. The molecule has 2 aromatic carbocycles. The first kappa shape index (κ1) is 14.4. The van der Waals surface area contributed by atoms with Gasteiger partial charge in [0.25, 0.3) is 0 Å². The second kappa shape index (κ2) is 5.45. The van der Waals surface area contributed by atoms with E-state index in [1.807, 2.05) is 41.8 Å². The van der Waals surface area contributed by atoms with Gasteiger partial charge in [-0.2, -0.15) is 0 Å². The number of guanidine groups is 1. The van der Waals surface area contributed by atoms with Gasteiger partial charge in [-0.1, -0.05) is 18.2 Å². The minimum absolute atomic E-state index is 0.0993. The summed E-state index contributed by atoms with van der Waals surface area (Å²) in [6, 6.07) is 13.0. The number of anilines is 1. The fourth-order valence-corrected chi connectivity index (χ4v) is 2.90. The second-order valence-electron chi connectivity index (χ2n) is 5.47. The number of nitrogens with one attached hydrogen (secondary N) is 1. The number of benzene rings is 2.